The number of nitro groups is 1. The van der Waals surface area contributed by atoms with Crippen molar-refractivity contribution in [2.24, 2.45) is 0 Å². The molecule has 1 heterocycles. The van der Waals surface area contributed by atoms with Gasteiger partial charge in [-0.15, -0.1) is 0 Å². The second kappa shape index (κ2) is 9.96. The maximum absolute atomic E-state index is 13.0. The maximum Gasteiger partial charge on any atom is 0.269 e. The molecule has 0 radical (unpaired) electrons. The Bertz CT molecular complexity index is 877. The molecule has 1 amide bonds. The summed E-state index contributed by atoms with van der Waals surface area (Å²) in [5, 5.41) is 10.8. The molecule has 0 unspecified atom stereocenters. The van der Waals surface area contributed by atoms with E-state index in [1.807, 2.05) is 18.7 Å². The lowest BCUT2D eigenvalue weighted by Crippen LogP contribution is -2.48. The average molecular weight is 413 g/mol. The van der Waals surface area contributed by atoms with Crippen LogP contribution in [-0.2, 0) is 0 Å². The van der Waals surface area contributed by atoms with Crippen molar-refractivity contribution >= 4 is 17.3 Å². The number of piperazine rings is 1. The van der Waals surface area contributed by atoms with Gasteiger partial charge in [-0.1, -0.05) is 6.92 Å². The van der Waals surface area contributed by atoms with Crippen LogP contribution in [0.2, 0.25) is 0 Å². The third kappa shape index (κ3) is 5.00. The predicted molar refractivity (Wildman–Crippen MR) is 115 cm³/mol. The van der Waals surface area contributed by atoms with Crippen molar-refractivity contribution in [1.82, 2.24) is 4.90 Å². The highest BCUT2D eigenvalue weighted by Gasteiger charge is 2.23. The molecule has 0 saturated carbocycles. The van der Waals surface area contributed by atoms with Crippen molar-refractivity contribution in [3.05, 3.63) is 58.1 Å². The van der Waals surface area contributed by atoms with Crippen molar-refractivity contribution in [3.8, 4) is 11.5 Å². The summed E-state index contributed by atoms with van der Waals surface area (Å²) in [7, 11) is 0. The standard InChI is InChI=1S/C22H27N3O5/c1-3-15-30-20-10-5-17(16-21(20)29-4-2)22(26)24-13-11-23(12-14-24)18-6-8-19(9-7-18)25(27)28/h5-10,16H,3-4,11-15H2,1-2H3. The van der Waals surface area contributed by atoms with Crippen LogP contribution in [-0.4, -0.2) is 55.1 Å². The van der Waals surface area contributed by atoms with Crippen LogP contribution in [0.5, 0.6) is 11.5 Å². The summed E-state index contributed by atoms with van der Waals surface area (Å²) >= 11 is 0. The summed E-state index contributed by atoms with van der Waals surface area (Å²) in [6, 6.07) is 11.8. The van der Waals surface area contributed by atoms with Crippen LogP contribution in [0, 0.1) is 10.1 Å². The second-order valence-corrected chi connectivity index (χ2v) is 7.00. The van der Waals surface area contributed by atoms with Crippen LogP contribution in [0.4, 0.5) is 11.4 Å². The van der Waals surface area contributed by atoms with E-state index >= 15 is 0 Å². The number of benzene rings is 2. The Kier molecular flexibility index (Phi) is 7.11. The molecule has 2 aromatic rings. The summed E-state index contributed by atoms with van der Waals surface area (Å²) in [4.78, 5) is 27.3. The van der Waals surface area contributed by atoms with Crippen molar-refractivity contribution in [2.75, 3.05) is 44.3 Å². The van der Waals surface area contributed by atoms with Gasteiger partial charge in [0.05, 0.1) is 18.1 Å². The largest absolute Gasteiger partial charge is 0.490 e. The molecule has 0 bridgehead atoms. The quantitative estimate of drug-likeness (QED) is 0.484. The van der Waals surface area contributed by atoms with E-state index in [0.717, 1.165) is 12.1 Å². The zero-order chi connectivity index (χ0) is 21.5. The van der Waals surface area contributed by atoms with Crippen LogP contribution in [0.3, 0.4) is 0 Å². The fourth-order valence-corrected chi connectivity index (χ4v) is 3.38. The van der Waals surface area contributed by atoms with Gasteiger partial charge in [0.2, 0.25) is 0 Å². The topological polar surface area (TPSA) is 85.2 Å². The molecule has 0 N–H and O–H groups in total. The van der Waals surface area contributed by atoms with Gasteiger partial charge < -0.3 is 19.3 Å². The Hall–Kier alpha value is -3.29. The summed E-state index contributed by atoms with van der Waals surface area (Å²) in [6.07, 6.45) is 0.894. The number of non-ortho nitro benzene ring substituents is 1. The van der Waals surface area contributed by atoms with Gasteiger partial charge in [-0.05, 0) is 43.7 Å². The summed E-state index contributed by atoms with van der Waals surface area (Å²) in [6.45, 7) is 7.51. The Labute approximate surface area is 176 Å². The van der Waals surface area contributed by atoms with Crippen molar-refractivity contribution in [3.63, 3.8) is 0 Å². The number of hydrogen-bond donors (Lipinski definition) is 0. The first kappa shape index (κ1) is 21.4. The van der Waals surface area contributed by atoms with Gasteiger partial charge in [0, 0.05) is 49.6 Å². The maximum atomic E-state index is 13.0. The number of nitro benzene ring substituents is 1. The lowest BCUT2D eigenvalue weighted by Gasteiger charge is -2.36. The molecule has 0 spiro atoms. The number of ether oxygens (including phenoxy) is 2. The molecule has 0 atom stereocenters. The van der Waals surface area contributed by atoms with E-state index in [1.165, 1.54) is 12.1 Å². The van der Waals surface area contributed by atoms with Gasteiger partial charge in [-0.25, -0.2) is 0 Å². The Morgan fingerprint density at radius 2 is 1.70 bits per heavy atom. The molecule has 1 aliphatic heterocycles. The summed E-state index contributed by atoms with van der Waals surface area (Å²) in [5.41, 5.74) is 1.57. The first-order chi connectivity index (χ1) is 14.5. The minimum atomic E-state index is -0.407. The Balaban J connectivity index is 1.64. The molecule has 1 aliphatic rings. The van der Waals surface area contributed by atoms with Gasteiger partial charge in [0.15, 0.2) is 11.5 Å². The molecule has 1 saturated heterocycles. The summed E-state index contributed by atoms with van der Waals surface area (Å²) in [5.74, 6) is 1.20. The molecule has 2 aromatic carbocycles. The fraction of sp³-hybridized carbons (Fsp3) is 0.409. The minimum Gasteiger partial charge on any atom is -0.490 e. The van der Waals surface area contributed by atoms with Crippen molar-refractivity contribution in [2.45, 2.75) is 20.3 Å². The monoisotopic (exact) mass is 413 g/mol. The number of anilines is 1. The number of hydrogen-bond acceptors (Lipinski definition) is 6. The van der Waals surface area contributed by atoms with E-state index in [1.54, 1.807) is 30.3 Å². The number of carbonyl (C=O) groups excluding carboxylic acids is 1. The van der Waals surface area contributed by atoms with Gasteiger partial charge in [-0.2, -0.15) is 0 Å². The molecule has 3 rings (SSSR count). The molecule has 30 heavy (non-hydrogen) atoms. The van der Waals surface area contributed by atoms with Crippen LogP contribution in [0.15, 0.2) is 42.5 Å². The zero-order valence-electron chi connectivity index (χ0n) is 17.4. The lowest BCUT2D eigenvalue weighted by molar-refractivity contribution is -0.384. The Morgan fingerprint density at radius 1 is 1.00 bits per heavy atom. The smallest absolute Gasteiger partial charge is 0.269 e. The van der Waals surface area contributed by atoms with Crippen molar-refractivity contribution in [1.29, 1.82) is 0 Å². The van der Waals surface area contributed by atoms with E-state index in [0.29, 0.717) is 56.5 Å². The van der Waals surface area contributed by atoms with Crippen LogP contribution < -0.4 is 14.4 Å². The van der Waals surface area contributed by atoms with Gasteiger partial charge in [-0.3, -0.25) is 14.9 Å². The van der Waals surface area contributed by atoms with E-state index in [9.17, 15) is 14.9 Å². The normalized spacial score (nSPS) is 13.8. The molecular weight excluding hydrogens is 386 g/mol. The van der Waals surface area contributed by atoms with Crippen LogP contribution in [0.25, 0.3) is 0 Å². The SMILES string of the molecule is CCCOc1ccc(C(=O)N2CCN(c3ccc([N+](=O)[O-])cc3)CC2)cc1OCC. The third-order valence-electron chi connectivity index (χ3n) is 4.94. The van der Waals surface area contributed by atoms with Crippen LogP contribution in [0.1, 0.15) is 30.6 Å². The fourth-order valence-electron chi connectivity index (χ4n) is 3.38. The first-order valence-corrected chi connectivity index (χ1v) is 10.2. The minimum absolute atomic E-state index is 0.0404. The zero-order valence-corrected chi connectivity index (χ0v) is 17.4. The van der Waals surface area contributed by atoms with Gasteiger partial charge in [0.1, 0.15) is 0 Å². The van der Waals surface area contributed by atoms with Gasteiger partial charge in [0.25, 0.3) is 11.6 Å². The van der Waals surface area contributed by atoms with E-state index in [2.05, 4.69) is 4.90 Å². The van der Waals surface area contributed by atoms with Gasteiger partial charge >= 0.3 is 0 Å². The lowest BCUT2D eigenvalue weighted by atomic mass is 10.1. The highest BCUT2D eigenvalue weighted by Crippen LogP contribution is 2.29. The number of rotatable bonds is 8. The van der Waals surface area contributed by atoms with E-state index < -0.39 is 4.92 Å². The summed E-state index contributed by atoms with van der Waals surface area (Å²) < 4.78 is 11.4. The first-order valence-electron chi connectivity index (χ1n) is 10.2. The van der Waals surface area contributed by atoms with Crippen molar-refractivity contribution < 1.29 is 19.2 Å². The number of carbonyl (C=O) groups is 1. The van der Waals surface area contributed by atoms with E-state index in [4.69, 9.17) is 9.47 Å². The average Bonchev–Trinajstić information content (AvgIpc) is 2.78. The predicted octanol–water partition coefficient (Wildman–Crippen LogP) is 3.74. The highest BCUT2D eigenvalue weighted by molar-refractivity contribution is 5.95. The molecule has 0 aliphatic carbocycles. The third-order valence-corrected chi connectivity index (χ3v) is 4.94. The second-order valence-electron chi connectivity index (χ2n) is 7.00. The highest BCUT2D eigenvalue weighted by atomic mass is 16.6. The molecule has 160 valence electrons. The number of nitrogens with zero attached hydrogens (tertiary/aromatic N) is 3. The molecule has 8 heteroatoms. The molecule has 8 nitrogen and oxygen atoms in total. The molecule has 0 aromatic heterocycles. The molecular formula is C22H27N3O5. The number of amides is 1. The van der Waals surface area contributed by atoms with E-state index in [-0.39, 0.29) is 11.6 Å². The molecule has 1 fully saturated rings. The van der Waals surface area contributed by atoms with Crippen LogP contribution >= 0.6 is 0 Å². The Morgan fingerprint density at radius 3 is 2.30 bits per heavy atom.